The highest BCUT2D eigenvalue weighted by Crippen LogP contribution is 2.12. The molecule has 0 aromatic rings. The largest absolute Gasteiger partial charge is 0.462 e. The summed E-state index contributed by atoms with van der Waals surface area (Å²) >= 11 is 0. The van der Waals surface area contributed by atoms with E-state index in [0.29, 0.717) is 19.3 Å². The van der Waals surface area contributed by atoms with Gasteiger partial charge in [-0.25, -0.2) is 0 Å². The van der Waals surface area contributed by atoms with Crippen molar-refractivity contribution < 1.29 is 28.6 Å². The zero-order valence-corrected chi connectivity index (χ0v) is 37.1. The quantitative estimate of drug-likeness (QED) is 0.0265. The lowest BCUT2D eigenvalue weighted by atomic mass is 10.1. The standard InChI is InChI=1S/C51H86O6/c1-4-7-10-13-16-19-22-23-24-25-26-27-30-32-35-38-41-44-50(53)56-47-48(57-51(54)45-42-39-36-33-29-21-18-15-12-9-6-3)46-55-49(52)43-40-37-34-31-28-20-17-14-11-8-5-2/h14-19,23-24,26-27,32,35,48H,4-13,20-22,25,28-31,33-34,36-47H2,1-3H3/b17-14-,18-15-,19-16-,24-23-,27-26-,35-32-. The molecular weight excluding hydrogens is 709 g/mol. The van der Waals surface area contributed by atoms with E-state index < -0.39 is 6.10 Å². The highest BCUT2D eigenvalue weighted by molar-refractivity contribution is 5.71. The lowest BCUT2D eigenvalue weighted by molar-refractivity contribution is -0.167. The Hall–Kier alpha value is -3.15. The Morgan fingerprint density at radius 1 is 0.351 bits per heavy atom. The third-order valence-electron chi connectivity index (χ3n) is 9.65. The van der Waals surface area contributed by atoms with Crippen molar-refractivity contribution in [2.45, 2.75) is 219 Å². The average Bonchev–Trinajstić information content (AvgIpc) is 3.21. The average molecular weight is 795 g/mol. The van der Waals surface area contributed by atoms with Gasteiger partial charge in [-0.1, -0.05) is 171 Å². The Morgan fingerprint density at radius 3 is 1.12 bits per heavy atom. The molecule has 0 amide bonds. The van der Waals surface area contributed by atoms with Crippen LogP contribution in [0.4, 0.5) is 0 Å². The molecule has 0 rings (SSSR count). The lowest BCUT2D eigenvalue weighted by Gasteiger charge is -2.18. The van der Waals surface area contributed by atoms with Crippen LogP contribution in [0.25, 0.3) is 0 Å². The number of carbonyl (C=O) groups is 3. The highest BCUT2D eigenvalue weighted by Gasteiger charge is 2.19. The fraction of sp³-hybridized carbons (Fsp3) is 0.706. The molecule has 1 unspecified atom stereocenters. The number of rotatable bonds is 41. The summed E-state index contributed by atoms with van der Waals surface area (Å²) in [6.45, 7) is 6.45. The molecule has 0 aromatic carbocycles. The first-order valence-corrected chi connectivity index (χ1v) is 23.4. The smallest absolute Gasteiger partial charge is 0.306 e. The van der Waals surface area contributed by atoms with E-state index in [2.05, 4.69) is 93.7 Å². The predicted molar refractivity (Wildman–Crippen MR) is 242 cm³/mol. The molecule has 6 nitrogen and oxygen atoms in total. The first kappa shape index (κ1) is 53.9. The van der Waals surface area contributed by atoms with E-state index in [4.69, 9.17) is 14.2 Å². The van der Waals surface area contributed by atoms with Crippen LogP contribution < -0.4 is 0 Å². The van der Waals surface area contributed by atoms with Crippen LogP contribution in [0.1, 0.15) is 213 Å². The molecule has 0 bridgehead atoms. The Labute approximate surface area is 351 Å². The minimum Gasteiger partial charge on any atom is -0.462 e. The zero-order chi connectivity index (χ0) is 41.5. The van der Waals surface area contributed by atoms with Gasteiger partial charge in [-0.05, 0) is 96.3 Å². The summed E-state index contributed by atoms with van der Waals surface area (Å²) in [4.78, 5) is 37.7. The molecule has 1 atom stereocenters. The molecule has 0 aliphatic carbocycles. The summed E-state index contributed by atoms with van der Waals surface area (Å²) < 4.78 is 16.6. The van der Waals surface area contributed by atoms with Gasteiger partial charge < -0.3 is 14.2 Å². The predicted octanol–water partition coefficient (Wildman–Crippen LogP) is 15.1. The molecule has 0 aliphatic rings. The van der Waals surface area contributed by atoms with Gasteiger partial charge in [0.1, 0.15) is 13.2 Å². The molecular formula is C51H86O6. The maximum absolute atomic E-state index is 12.7. The van der Waals surface area contributed by atoms with Crippen molar-refractivity contribution in [1.29, 1.82) is 0 Å². The molecule has 57 heavy (non-hydrogen) atoms. The topological polar surface area (TPSA) is 78.9 Å². The number of ether oxygens (including phenoxy) is 3. The van der Waals surface area contributed by atoms with Crippen LogP contribution in [0.2, 0.25) is 0 Å². The van der Waals surface area contributed by atoms with E-state index in [0.717, 1.165) is 89.9 Å². The van der Waals surface area contributed by atoms with Gasteiger partial charge in [0.25, 0.3) is 0 Å². The lowest BCUT2D eigenvalue weighted by Crippen LogP contribution is -2.30. The molecule has 0 aliphatic heterocycles. The van der Waals surface area contributed by atoms with Crippen molar-refractivity contribution in [1.82, 2.24) is 0 Å². The summed E-state index contributed by atoms with van der Waals surface area (Å²) in [5, 5.41) is 0. The van der Waals surface area contributed by atoms with Crippen LogP contribution in [0.5, 0.6) is 0 Å². The van der Waals surface area contributed by atoms with E-state index in [1.165, 1.54) is 77.0 Å². The van der Waals surface area contributed by atoms with Crippen molar-refractivity contribution in [2.24, 2.45) is 0 Å². The van der Waals surface area contributed by atoms with Crippen molar-refractivity contribution in [3.63, 3.8) is 0 Å². The van der Waals surface area contributed by atoms with Gasteiger partial charge in [0, 0.05) is 19.3 Å². The second-order valence-electron chi connectivity index (χ2n) is 15.3. The molecule has 0 radical (unpaired) electrons. The number of esters is 3. The number of allylic oxidation sites excluding steroid dienone is 12. The van der Waals surface area contributed by atoms with Gasteiger partial charge in [0.05, 0.1) is 0 Å². The van der Waals surface area contributed by atoms with Gasteiger partial charge in [0.2, 0.25) is 0 Å². The first-order valence-electron chi connectivity index (χ1n) is 23.4. The zero-order valence-electron chi connectivity index (χ0n) is 37.1. The van der Waals surface area contributed by atoms with Gasteiger partial charge in [-0.3, -0.25) is 14.4 Å². The maximum Gasteiger partial charge on any atom is 0.306 e. The second kappa shape index (κ2) is 45.6. The maximum atomic E-state index is 12.7. The number of unbranched alkanes of at least 4 members (excludes halogenated alkanes) is 18. The Kier molecular flexibility index (Phi) is 43.0. The summed E-state index contributed by atoms with van der Waals surface area (Å²) in [7, 11) is 0. The third kappa shape index (κ3) is 43.8. The van der Waals surface area contributed by atoms with Crippen LogP contribution in [0.3, 0.4) is 0 Å². The minimum atomic E-state index is -0.802. The van der Waals surface area contributed by atoms with Crippen LogP contribution in [0.15, 0.2) is 72.9 Å². The van der Waals surface area contributed by atoms with E-state index in [1.807, 2.05) is 0 Å². The van der Waals surface area contributed by atoms with Crippen LogP contribution in [-0.2, 0) is 28.6 Å². The van der Waals surface area contributed by atoms with Crippen molar-refractivity contribution in [3.05, 3.63) is 72.9 Å². The van der Waals surface area contributed by atoms with E-state index in [9.17, 15) is 14.4 Å². The first-order chi connectivity index (χ1) is 28.0. The molecule has 0 aromatic heterocycles. The fourth-order valence-corrected chi connectivity index (χ4v) is 6.04. The van der Waals surface area contributed by atoms with Crippen molar-refractivity contribution in [2.75, 3.05) is 13.2 Å². The molecule has 6 heteroatoms. The Bertz CT molecular complexity index is 1100. The molecule has 0 heterocycles. The SMILES string of the molecule is CCCC/C=C\CCCCCCCC(=O)OCC(COC(=O)CCC/C=C\C/C=C\C/C=C\C/C=C\CCCCC)OC(=O)CCCCCCC/C=C\CCCC. The molecule has 0 saturated heterocycles. The molecule has 0 spiro atoms. The van der Waals surface area contributed by atoms with Gasteiger partial charge in [-0.2, -0.15) is 0 Å². The van der Waals surface area contributed by atoms with Crippen LogP contribution >= 0.6 is 0 Å². The van der Waals surface area contributed by atoms with Crippen LogP contribution in [0, 0.1) is 0 Å². The fourth-order valence-electron chi connectivity index (χ4n) is 6.04. The highest BCUT2D eigenvalue weighted by atomic mass is 16.6. The monoisotopic (exact) mass is 795 g/mol. The van der Waals surface area contributed by atoms with Gasteiger partial charge >= 0.3 is 17.9 Å². The summed E-state index contributed by atoms with van der Waals surface area (Å²) in [6, 6.07) is 0. The third-order valence-corrected chi connectivity index (χ3v) is 9.65. The van der Waals surface area contributed by atoms with E-state index in [1.54, 1.807) is 0 Å². The molecule has 0 N–H and O–H groups in total. The summed E-state index contributed by atoms with van der Waals surface area (Å²) in [5.74, 6) is -0.984. The summed E-state index contributed by atoms with van der Waals surface area (Å²) in [6.07, 6.45) is 56.0. The van der Waals surface area contributed by atoms with Gasteiger partial charge in [-0.15, -0.1) is 0 Å². The number of carbonyl (C=O) groups excluding carboxylic acids is 3. The number of hydrogen-bond acceptors (Lipinski definition) is 6. The second-order valence-corrected chi connectivity index (χ2v) is 15.3. The van der Waals surface area contributed by atoms with E-state index in [-0.39, 0.29) is 37.5 Å². The molecule has 0 fully saturated rings. The van der Waals surface area contributed by atoms with Crippen molar-refractivity contribution in [3.8, 4) is 0 Å². The summed E-state index contributed by atoms with van der Waals surface area (Å²) in [5.41, 5.74) is 0. The molecule has 326 valence electrons. The minimum absolute atomic E-state index is 0.101. The van der Waals surface area contributed by atoms with Gasteiger partial charge in [0.15, 0.2) is 6.10 Å². The Morgan fingerprint density at radius 2 is 0.667 bits per heavy atom. The normalized spacial score (nSPS) is 12.7. The van der Waals surface area contributed by atoms with E-state index >= 15 is 0 Å². The molecule has 0 saturated carbocycles. The number of hydrogen-bond donors (Lipinski definition) is 0. The van der Waals surface area contributed by atoms with Crippen LogP contribution in [-0.4, -0.2) is 37.2 Å². The Balaban J connectivity index is 4.47. The van der Waals surface area contributed by atoms with Crippen molar-refractivity contribution >= 4 is 17.9 Å².